The molecule has 3 atom stereocenters. The van der Waals surface area contributed by atoms with Crippen molar-refractivity contribution < 1.29 is 9.53 Å². The number of esters is 1. The normalized spacial score (nSPS) is 31.3. The van der Waals surface area contributed by atoms with Gasteiger partial charge in [-0.3, -0.25) is 9.69 Å². The van der Waals surface area contributed by atoms with Gasteiger partial charge < -0.3 is 4.74 Å². The highest BCUT2D eigenvalue weighted by molar-refractivity contribution is 5.76. The van der Waals surface area contributed by atoms with Gasteiger partial charge in [0.2, 0.25) is 0 Å². The molecule has 100 valence electrons. The van der Waals surface area contributed by atoms with Crippen LogP contribution in [0.25, 0.3) is 0 Å². The molecular weight excluding hydrogens is 214 g/mol. The van der Waals surface area contributed by atoms with Crippen molar-refractivity contribution in [3.05, 3.63) is 0 Å². The first-order valence-corrected chi connectivity index (χ1v) is 6.60. The molecule has 0 spiro atoms. The largest absolute Gasteiger partial charge is 0.469 e. The first-order chi connectivity index (χ1) is 7.77. The zero-order valence-corrected chi connectivity index (χ0v) is 12.1. The summed E-state index contributed by atoms with van der Waals surface area (Å²) in [5, 5.41) is 0. The van der Waals surface area contributed by atoms with Crippen molar-refractivity contribution in [3.63, 3.8) is 0 Å². The lowest BCUT2D eigenvalue weighted by atomic mass is 9.83. The lowest BCUT2D eigenvalue weighted by molar-refractivity contribution is -0.152. The van der Waals surface area contributed by atoms with Gasteiger partial charge >= 0.3 is 5.97 Å². The van der Waals surface area contributed by atoms with Crippen molar-refractivity contribution in [3.8, 4) is 0 Å². The molecule has 0 N–H and O–H groups in total. The summed E-state index contributed by atoms with van der Waals surface area (Å²) in [7, 11) is 1.47. The molecule has 1 aliphatic rings. The Labute approximate surface area is 106 Å². The second-order valence-electron chi connectivity index (χ2n) is 6.36. The molecular formula is C14H27NO2. The Bertz CT molecular complexity index is 275. The summed E-state index contributed by atoms with van der Waals surface area (Å²) in [6.45, 7) is 12.7. The third kappa shape index (κ3) is 3.44. The van der Waals surface area contributed by atoms with Crippen molar-refractivity contribution in [2.24, 2.45) is 17.3 Å². The maximum Gasteiger partial charge on any atom is 0.312 e. The second-order valence-corrected chi connectivity index (χ2v) is 6.36. The van der Waals surface area contributed by atoms with E-state index < -0.39 is 5.41 Å². The number of ether oxygens (including phenoxy) is 1. The minimum absolute atomic E-state index is 0.115. The van der Waals surface area contributed by atoms with Crippen LogP contribution in [0.1, 0.15) is 41.0 Å². The van der Waals surface area contributed by atoms with Crippen molar-refractivity contribution in [2.45, 2.75) is 47.1 Å². The predicted octanol–water partition coefficient (Wildman–Crippen LogP) is 2.55. The molecule has 0 aromatic carbocycles. The fraction of sp³-hybridized carbons (Fsp3) is 0.929. The van der Waals surface area contributed by atoms with E-state index in [2.05, 4.69) is 25.7 Å². The Morgan fingerprint density at radius 1 is 1.35 bits per heavy atom. The molecule has 1 fully saturated rings. The Balaban J connectivity index is 2.69. The fourth-order valence-corrected chi connectivity index (χ4v) is 2.89. The highest BCUT2D eigenvalue weighted by Crippen LogP contribution is 2.30. The van der Waals surface area contributed by atoms with E-state index in [1.165, 1.54) is 13.5 Å². The van der Waals surface area contributed by atoms with Gasteiger partial charge in [-0.15, -0.1) is 0 Å². The summed E-state index contributed by atoms with van der Waals surface area (Å²) >= 11 is 0. The van der Waals surface area contributed by atoms with Crippen LogP contribution >= 0.6 is 0 Å². The lowest BCUT2D eigenvalue weighted by Gasteiger charge is -2.43. The summed E-state index contributed by atoms with van der Waals surface area (Å²) in [6, 6.07) is 0.551. The van der Waals surface area contributed by atoms with Gasteiger partial charge in [-0.2, -0.15) is 0 Å². The highest BCUT2D eigenvalue weighted by atomic mass is 16.5. The molecule has 1 saturated heterocycles. The fourth-order valence-electron chi connectivity index (χ4n) is 2.89. The van der Waals surface area contributed by atoms with Crippen molar-refractivity contribution in [2.75, 3.05) is 20.2 Å². The molecule has 0 amide bonds. The number of carbonyl (C=O) groups excluding carboxylic acids is 1. The van der Waals surface area contributed by atoms with Crippen LogP contribution in [-0.4, -0.2) is 37.1 Å². The van der Waals surface area contributed by atoms with Gasteiger partial charge in [-0.05, 0) is 39.0 Å². The van der Waals surface area contributed by atoms with Crippen LogP contribution < -0.4 is 0 Å². The topological polar surface area (TPSA) is 29.5 Å². The molecule has 0 saturated carbocycles. The lowest BCUT2D eigenvalue weighted by Crippen LogP contribution is -2.50. The zero-order valence-electron chi connectivity index (χ0n) is 12.1. The van der Waals surface area contributed by atoms with E-state index >= 15 is 0 Å². The molecule has 1 heterocycles. The van der Waals surface area contributed by atoms with Gasteiger partial charge in [0, 0.05) is 19.1 Å². The van der Waals surface area contributed by atoms with Crippen LogP contribution in [0.5, 0.6) is 0 Å². The molecule has 0 aromatic rings. The molecule has 0 bridgehead atoms. The van der Waals surface area contributed by atoms with Gasteiger partial charge in [0.15, 0.2) is 0 Å². The van der Waals surface area contributed by atoms with Crippen molar-refractivity contribution >= 4 is 5.97 Å². The van der Waals surface area contributed by atoms with Crippen LogP contribution in [0.4, 0.5) is 0 Å². The SMILES string of the molecule is COC(=O)C(C)(C)CN1CC(C)CC(C)C1C. The van der Waals surface area contributed by atoms with Crippen LogP contribution in [-0.2, 0) is 9.53 Å². The zero-order chi connectivity index (χ0) is 13.2. The molecule has 0 radical (unpaired) electrons. The van der Waals surface area contributed by atoms with Crippen molar-refractivity contribution in [1.82, 2.24) is 4.90 Å². The van der Waals surface area contributed by atoms with E-state index in [0.29, 0.717) is 12.0 Å². The average molecular weight is 241 g/mol. The molecule has 1 rings (SSSR count). The first-order valence-electron chi connectivity index (χ1n) is 6.60. The average Bonchev–Trinajstić information content (AvgIpc) is 2.23. The molecule has 1 aliphatic heterocycles. The Kier molecular flexibility index (Phi) is 4.59. The molecule has 3 unspecified atom stereocenters. The number of rotatable bonds is 3. The van der Waals surface area contributed by atoms with Crippen LogP contribution in [0.3, 0.4) is 0 Å². The van der Waals surface area contributed by atoms with E-state index in [4.69, 9.17) is 4.74 Å². The number of nitrogens with zero attached hydrogens (tertiary/aromatic N) is 1. The summed E-state index contributed by atoms with van der Waals surface area (Å²) in [4.78, 5) is 14.2. The van der Waals surface area contributed by atoms with Gasteiger partial charge in [0.1, 0.15) is 0 Å². The van der Waals surface area contributed by atoms with E-state index in [0.717, 1.165) is 19.0 Å². The van der Waals surface area contributed by atoms with Gasteiger partial charge in [0.25, 0.3) is 0 Å². The van der Waals surface area contributed by atoms with Gasteiger partial charge in [-0.25, -0.2) is 0 Å². The predicted molar refractivity (Wildman–Crippen MR) is 69.8 cm³/mol. The van der Waals surface area contributed by atoms with E-state index in [-0.39, 0.29) is 5.97 Å². The van der Waals surface area contributed by atoms with E-state index in [1.54, 1.807) is 0 Å². The van der Waals surface area contributed by atoms with Crippen LogP contribution in [0.2, 0.25) is 0 Å². The summed E-state index contributed by atoms with van der Waals surface area (Å²) in [5.41, 5.74) is -0.417. The number of hydrogen-bond donors (Lipinski definition) is 0. The maximum absolute atomic E-state index is 11.7. The maximum atomic E-state index is 11.7. The molecule has 3 nitrogen and oxygen atoms in total. The Morgan fingerprint density at radius 3 is 2.47 bits per heavy atom. The monoisotopic (exact) mass is 241 g/mol. The number of carbonyl (C=O) groups is 1. The number of methoxy groups -OCH3 is 1. The second kappa shape index (κ2) is 5.38. The van der Waals surface area contributed by atoms with Crippen molar-refractivity contribution in [1.29, 1.82) is 0 Å². The molecule has 0 aromatic heterocycles. The third-order valence-electron chi connectivity index (χ3n) is 4.06. The van der Waals surface area contributed by atoms with E-state index in [9.17, 15) is 4.79 Å². The standard InChI is InChI=1S/C14H27NO2/c1-10-7-11(2)12(3)15(8-10)9-14(4,5)13(16)17-6/h10-12H,7-9H2,1-6H3. The van der Waals surface area contributed by atoms with Gasteiger partial charge in [0.05, 0.1) is 12.5 Å². The molecule has 0 aliphatic carbocycles. The Morgan fingerprint density at radius 2 is 1.94 bits per heavy atom. The number of piperidine rings is 1. The Hall–Kier alpha value is -0.570. The molecule has 3 heteroatoms. The first kappa shape index (κ1) is 14.5. The summed E-state index contributed by atoms with van der Waals surface area (Å²) in [5.74, 6) is 1.30. The summed E-state index contributed by atoms with van der Waals surface area (Å²) in [6.07, 6.45) is 1.29. The number of likely N-dealkylation sites (tertiary alicyclic amines) is 1. The van der Waals surface area contributed by atoms with Crippen LogP contribution in [0.15, 0.2) is 0 Å². The highest BCUT2D eigenvalue weighted by Gasteiger charge is 2.36. The van der Waals surface area contributed by atoms with Gasteiger partial charge in [-0.1, -0.05) is 13.8 Å². The van der Waals surface area contributed by atoms with Crippen LogP contribution in [0, 0.1) is 17.3 Å². The smallest absolute Gasteiger partial charge is 0.312 e. The number of hydrogen-bond acceptors (Lipinski definition) is 3. The van der Waals surface area contributed by atoms with E-state index in [1.807, 2.05) is 13.8 Å². The molecule has 17 heavy (non-hydrogen) atoms. The quantitative estimate of drug-likeness (QED) is 0.711. The minimum atomic E-state index is -0.417. The third-order valence-corrected chi connectivity index (χ3v) is 4.06. The minimum Gasteiger partial charge on any atom is -0.469 e. The summed E-state index contributed by atoms with van der Waals surface area (Å²) < 4.78 is 4.88.